The second-order valence-corrected chi connectivity index (χ2v) is 7.62. The minimum atomic E-state index is -0.377. The number of furan rings is 1. The fourth-order valence-corrected chi connectivity index (χ4v) is 4.07. The van der Waals surface area contributed by atoms with Gasteiger partial charge in [0.1, 0.15) is 16.4 Å². The largest absolute Gasteiger partial charge is 0.463 e. The highest BCUT2D eigenvalue weighted by molar-refractivity contribution is 7.18. The van der Waals surface area contributed by atoms with Gasteiger partial charge in [-0.1, -0.05) is 18.3 Å². The third-order valence-electron chi connectivity index (χ3n) is 4.70. The highest BCUT2D eigenvalue weighted by Crippen LogP contribution is 2.35. The molecule has 8 nitrogen and oxygen atoms in total. The van der Waals surface area contributed by atoms with E-state index in [-0.39, 0.29) is 17.6 Å². The maximum Gasteiger partial charge on any atom is 0.260 e. The molecule has 29 heavy (non-hydrogen) atoms. The number of ketones is 1. The molecule has 0 atom stereocenters. The van der Waals surface area contributed by atoms with E-state index in [4.69, 9.17) is 9.15 Å². The molecule has 0 aromatic carbocycles. The molecule has 0 bridgehead atoms. The van der Waals surface area contributed by atoms with E-state index in [1.165, 1.54) is 18.7 Å². The van der Waals surface area contributed by atoms with Crippen LogP contribution >= 0.6 is 11.3 Å². The second kappa shape index (κ2) is 8.62. The predicted molar refractivity (Wildman–Crippen MR) is 107 cm³/mol. The first-order chi connectivity index (χ1) is 14.2. The third kappa shape index (κ3) is 4.25. The van der Waals surface area contributed by atoms with Crippen LogP contribution in [0.5, 0.6) is 0 Å². The number of hydrogen-bond acceptors (Lipinski definition) is 8. The van der Waals surface area contributed by atoms with Crippen LogP contribution < -0.4 is 5.32 Å². The Hall–Kier alpha value is -2.91. The Morgan fingerprint density at radius 2 is 2.00 bits per heavy atom. The Bertz CT molecular complexity index is 992. The summed E-state index contributed by atoms with van der Waals surface area (Å²) < 4.78 is 10.8. The zero-order chi connectivity index (χ0) is 20.2. The van der Waals surface area contributed by atoms with Crippen LogP contribution in [0.4, 0.5) is 5.13 Å². The van der Waals surface area contributed by atoms with E-state index in [1.807, 2.05) is 6.92 Å². The number of carbonyl (C=O) groups is 2. The quantitative estimate of drug-likeness (QED) is 0.616. The average molecular weight is 412 g/mol. The SMILES string of the molecule is CCc1ncc(C(=O)Nc2nc(-c3ccco3)c(C(=O)C3CCOCC3)s2)cn1. The van der Waals surface area contributed by atoms with Crippen LogP contribution in [0.1, 0.15) is 45.6 Å². The van der Waals surface area contributed by atoms with Gasteiger partial charge >= 0.3 is 0 Å². The van der Waals surface area contributed by atoms with Crippen LogP contribution in [-0.2, 0) is 11.2 Å². The van der Waals surface area contributed by atoms with Gasteiger partial charge in [-0.2, -0.15) is 0 Å². The molecule has 4 heterocycles. The molecule has 1 fully saturated rings. The standard InChI is InChI=1S/C20H20N4O4S/c1-2-15-21-10-13(11-22-15)19(26)24-20-23-16(14-4-3-7-28-14)18(29-20)17(25)12-5-8-27-9-6-12/h3-4,7,10-12H,2,5-6,8-9H2,1H3,(H,23,24,26). The summed E-state index contributed by atoms with van der Waals surface area (Å²) in [6.45, 7) is 3.09. The van der Waals surface area contributed by atoms with Gasteiger partial charge < -0.3 is 9.15 Å². The molecule has 0 aliphatic carbocycles. The number of ether oxygens (including phenoxy) is 1. The molecule has 0 radical (unpaired) electrons. The average Bonchev–Trinajstić information content (AvgIpc) is 3.44. The summed E-state index contributed by atoms with van der Waals surface area (Å²) in [7, 11) is 0. The van der Waals surface area contributed by atoms with Crippen LogP contribution in [0.25, 0.3) is 11.5 Å². The summed E-state index contributed by atoms with van der Waals surface area (Å²) >= 11 is 1.16. The molecule has 1 N–H and O–H groups in total. The number of aromatic nitrogens is 3. The Kier molecular flexibility index (Phi) is 5.77. The lowest BCUT2D eigenvalue weighted by Gasteiger charge is -2.20. The Morgan fingerprint density at radius 1 is 1.24 bits per heavy atom. The summed E-state index contributed by atoms with van der Waals surface area (Å²) in [6.07, 6.45) is 6.54. The molecule has 0 saturated carbocycles. The van der Waals surface area contributed by atoms with Crippen molar-refractivity contribution in [3.8, 4) is 11.5 Å². The predicted octanol–water partition coefficient (Wildman–Crippen LogP) is 3.62. The first kappa shape index (κ1) is 19.4. The number of rotatable bonds is 6. The van der Waals surface area contributed by atoms with Gasteiger partial charge in [0.05, 0.1) is 11.8 Å². The van der Waals surface area contributed by atoms with Crippen LogP contribution in [0.15, 0.2) is 35.2 Å². The molecule has 1 aliphatic rings. The Morgan fingerprint density at radius 3 is 2.66 bits per heavy atom. The lowest BCUT2D eigenvalue weighted by atomic mass is 9.94. The minimum absolute atomic E-state index is 0.00771. The second-order valence-electron chi connectivity index (χ2n) is 6.62. The maximum absolute atomic E-state index is 13.1. The van der Waals surface area contributed by atoms with Crippen molar-refractivity contribution < 1.29 is 18.7 Å². The van der Waals surface area contributed by atoms with Crippen molar-refractivity contribution in [1.82, 2.24) is 15.0 Å². The lowest BCUT2D eigenvalue weighted by molar-refractivity contribution is 0.0547. The van der Waals surface area contributed by atoms with E-state index in [0.717, 1.165) is 11.3 Å². The maximum atomic E-state index is 13.1. The van der Waals surface area contributed by atoms with Gasteiger partial charge in [0.2, 0.25) is 0 Å². The van der Waals surface area contributed by atoms with Crippen molar-refractivity contribution in [1.29, 1.82) is 0 Å². The summed E-state index contributed by atoms with van der Waals surface area (Å²) in [4.78, 5) is 38.9. The summed E-state index contributed by atoms with van der Waals surface area (Å²) in [6, 6.07) is 3.49. The molecular formula is C20H20N4O4S. The zero-order valence-electron chi connectivity index (χ0n) is 15.9. The van der Waals surface area contributed by atoms with E-state index in [0.29, 0.717) is 65.3 Å². The van der Waals surface area contributed by atoms with E-state index < -0.39 is 0 Å². The van der Waals surface area contributed by atoms with Gasteiger partial charge in [0.15, 0.2) is 16.7 Å². The smallest absolute Gasteiger partial charge is 0.260 e. The zero-order valence-corrected chi connectivity index (χ0v) is 16.7. The lowest BCUT2D eigenvalue weighted by Crippen LogP contribution is -2.23. The molecule has 0 unspecified atom stereocenters. The fraction of sp³-hybridized carbons (Fsp3) is 0.350. The van der Waals surface area contributed by atoms with Gasteiger partial charge in [-0.05, 0) is 25.0 Å². The van der Waals surface area contributed by atoms with Crippen LogP contribution in [0, 0.1) is 5.92 Å². The molecular weight excluding hydrogens is 392 g/mol. The van der Waals surface area contributed by atoms with E-state index in [2.05, 4.69) is 20.3 Å². The van der Waals surface area contributed by atoms with Crippen molar-refractivity contribution in [2.75, 3.05) is 18.5 Å². The molecule has 150 valence electrons. The minimum Gasteiger partial charge on any atom is -0.463 e. The number of hydrogen-bond donors (Lipinski definition) is 1. The fourth-order valence-electron chi connectivity index (χ4n) is 3.09. The van der Waals surface area contributed by atoms with E-state index in [9.17, 15) is 9.59 Å². The number of nitrogens with zero attached hydrogens (tertiary/aromatic N) is 3. The van der Waals surface area contributed by atoms with Crippen LogP contribution in [0.3, 0.4) is 0 Å². The highest BCUT2D eigenvalue weighted by Gasteiger charge is 2.29. The molecule has 3 aromatic rings. The number of carbonyl (C=O) groups excluding carboxylic acids is 2. The number of thiazole rings is 1. The molecule has 9 heteroatoms. The van der Waals surface area contributed by atoms with Crippen LogP contribution in [0.2, 0.25) is 0 Å². The highest BCUT2D eigenvalue weighted by atomic mass is 32.1. The van der Waals surface area contributed by atoms with Crippen molar-refractivity contribution >= 4 is 28.2 Å². The van der Waals surface area contributed by atoms with E-state index >= 15 is 0 Å². The van der Waals surface area contributed by atoms with Gasteiger partial charge in [0.25, 0.3) is 5.91 Å². The summed E-state index contributed by atoms with van der Waals surface area (Å²) in [5.41, 5.74) is 0.777. The number of nitrogens with one attached hydrogen (secondary N) is 1. The van der Waals surface area contributed by atoms with Gasteiger partial charge in [-0.25, -0.2) is 15.0 Å². The van der Waals surface area contributed by atoms with Crippen molar-refractivity contribution in [3.05, 3.63) is 47.1 Å². The van der Waals surface area contributed by atoms with Crippen molar-refractivity contribution in [2.45, 2.75) is 26.2 Å². The first-order valence-corrected chi connectivity index (χ1v) is 10.3. The monoisotopic (exact) mass is 412 g/mol. The topological polar surface area (TPSA) is 107 Å². The normalized spacial score (nSPS) is 14.7. The Labute approximate surface area is 171 Å². The Balaban J connectivity index is 1.60. The van der Waals surface area contributed by atoms with Gasteiger partial charge in [0, 0.05) is 37.9 Å². The van der Waals surface area contributed by atoms with Gasteiger partial charge in [-0.3, -0.25) is 14.9 Å². The van der Waals surface area contributed by atoms with Crippen LogP contribution in [-0.4, -0.2) is 39.9 Å². The summed E-state index contributed by atoms with van der Waals surface area (Å²) in [5.74, 6) is 0.676. The number of aryl methyl sites for hydroxylation is 1. The third-order valence-corrected chi connectivity index (χ3v) is 5.69. The summed E-state index contributed by atoms with van der Waals surface area (Å²) in [5, 5.41) is 3.08. The number of amides is 1. The molecule has 1 aliphatic heterocycles. The molecule has 0 spiro atoms. The first-order valence-electron chi connectivity index (χ1n) is 9.44. The number of anilines is 1. The molecule has 3 aromatic heterocycles. The van der Waals surface area contributed by atoms with E-state index in [1.54, 1.807) is 12.1 Å². The molecule has 1 amide bonds. The van der Waals surface area contributed by atoms with Crippen molar-refractivity contribution in [3.63, 3.8) is 0 Å². The van der Waals surface area contributed by atoms with Crippen molar-refractivity contribution in [2.24, 2.45) is 5.92 Å². The molecule has 4 rings (SSSR count). The number of Topliss-reactive ketones (excluding diaryl/α,β-unsaturated/α-hetero) is 1. The van der Waals surface area contributed by atoms with Gasteiger partial charge in [-0.15, -0.1) is 0 Å². The molecule has 1 saturated heterocycles.